The molecule has 3 aromatic rings. The van der Waals surface area contributed by atoms with Gasteiger partial charge >= 0.3 is 12.0 Å². The lowest BCUT2D eigenvalue weighted by atomic mass is 9.95. The summed E-state index contributed by atoms with van der Waals surface area (Å²) in [5, 5.41) is 20.2. The van der Waals surface area contributed by atoms with Crippen molar-refractivity contribution in [2.75, 3.05) is 26.9 Å². The summed E-state index contributed by atoms with van der Waals surface area (Å²) in [6.07, 6.45) is 1.43. The molecular formula is C33H35N5O10. The van der Waals surface area contributed by atoms with E-state index in [0.717, 1.165) is 5.56 Å². The van der Waals surface area contributed by atoms with Gasteiger partial charge in [-0.3, -0.25) is 14.9 Å². The number of hydrogen-bond acceptors (Lipinski definition) is 11. The summed E-state index contributed by atoms with van der Waals surface area (Å²) in [5.74, 6) is 0.344. The maximum absolute atomic E-state index is 12.6. The number of carbonyl (C=O) groups excluding carboxylic acids is 3. The Bertz CT molecular complexity index is 1720. The zero-order valence-electron chi connectivity index (χ0n) is 26.7. The third-order valence-electron chi connectivity index (χ3n) is 6.86. The fourth-order valence-electron chi connectivity index (χ4n) is 4.63. The lowest BCUT2D eigenvalue weighted by Crippen LogP contribution is -2.45. The van der Waals surface area contributed by atoms with Crippen molar-refractivity contribution in [3.8, 4) is 23.0 Å². The van der Waals surface area contributed by atoms with Gasteiger partial charge in [-0.1, -0.05) is 6.07 Å². The zero-order valence-corrected chi connectivity index (χ0v) is 26.7. The molecule has 3 amide bonds. The second-order valence-electron chi connectivity index (χ2n) is 10.1. The van der Waals surface area contributed by atoms with Crippen LogP contribution >= 0.6 is 0 Å². The Morgan fingerprint density at radius 2 is 1.69 bits per heavy atom. The largest absolute Gasteiger partial charge is 0.493 e. The van der Waals surface area contributed by atoms with Crippen molar-refractivity contribution in [2.45, 2.75) is 33.4 Å². The number of nitrogens with zero attached hydrogens (tertiary/aromatic N) is 2. The molecule has 15 nitrogen and oxygen atoms in total. The number of nitro groups is 1. The summed E-state index contributed by atoms with van der Waals surface area (Å²) in [7, 11) is 1.42. The van der Waals surface area contributed by atoms with Gasteiger partial charge in [0.05, 0.1) is 43.1 Å². The molecule has 15 heteroatoms. The summed E-state index contributed by atoms with van der Waals surface area (Å²) in [6.45, 7) is 5.47. The van der Waals surface area contributed by atoms with Crippen LogP contribution in [0, 0.1) is 10.1 Å². The van der Waals surface area contributed by atoms with Crippen molar-refractivity contribution in [1.82, 2.24) is 16.1 Å². The van der Waals surface area contributed by atoms with Crippen molar-refractivity contribution in [2.24, 2.45) is 5.10 Å². The van der Waals surface area contributed by atoms with Gasteiger partial charge in [0, 0.05) is 17.8 Å². The average Bonchev–Trinajstić information content (AvgIpc) is 3.07. The minimum Gasteiger partial charge on any atom is -0.493 e. The summed E-state index contributed by atoms with van der Waals surface area (Å²) in [6, 6.07) is 14.7. The standard InChI is InChI=1S/C33H35N5O10/c1-5-45-28-15-22(9-13-26(28)47-18-21-7-11-24(12-8-21)38(42)43)17-34-37-29(39)19-48-25-14-10-23(16-27(25)44-4)31-30(32(40)46-6-2)20(3)35-33(41)36-31/h7-17,31H,5-6,18-19H2,1-4H3,(H,37,39)(H2,35,36,41)/b34-17-/t31-/m1/s1. The average molecular weight is 662 g/mol. The molecule has 0 aliphatic carbocycles. The Labute approximate surface area is 276 Å². The molecule has 4 rings (SSSR count). The van der Waals surface area contributed by atoms with Gasteiger partial charge < -0.3 is 34.3 Å². The van der Waals surface area contributed by atoms with Crippen molar-refractivity contribution < 1.29 is 43.0 Å². The molecule has 1 heterocycles. The number of benzene rings is 3. The number of nitro benzene ring substituents is 1. The molecule has 0 spiro atoms. The van der Waals surface area contributed by atoms with E-state index in [0.29, 0.717) is 34.9 Å². The van der Waals surface area contributed by atoms with E-state index in [-0.39, 0.29) is 42.6 Å². The van der Waals surface area contributed by atoms with Crippen molar-refractivity contribution >= 4 is 29.8 Å². The summed E-state index contributed by atoms with van der Waals surface area (Å²) in [5.41, 5.74) is 4.93. The summed E-state index contributed by atoms with van der Waals surface area (Å²) < 4.78 is 27.8. The molecule has 1 aliphatic rings. The fraction of sp³-hybridized carbons (Fsp3) is 0.273. The minimum atomic E-state index is -0.794. The second-order valence-corrected chi connectivity index (χ2v) is 10.1. The van der Waals surface area contributed by atoms with Crippen LogP contribution in [-0.2, 0) is 20.9 Å². The number of methoxy groups -OCH3 is 1. The number of nitrogens with one attached hydrogen (secondary N) is 3. The zero-order chi connectivity index (χ0) is 34.6. The van der Waals surface area contributed by atoms with Crippen LogP contribution < -0.4 is 35.0 Å². The number of urea groups is 1. The SMILES string of the molecule is CCOC(=O)C1=C(C)NC(=O)N[C@@H]1c1ccc(OCC(=O)N/N=C\c2ccc(OCc3ccc([N+](=O)[O-])cc3)c(OCC)c2)c(OC)c1. The number of rotatable bonds is 15. The highest BCUT2D eigenvalue weighted by molar-refractivity contribution is 5.95. The molecule has 252 valence electrons. The molecule has 3 aromatic carbocycles. The number of allylic oxidation sites excluding steroid dienone is 1. The van der Waals surface area contributed by atoms with E-state index in [1.54, 1.807) is 62.4 Å². The van der Waals surface area contributed by atoms with Gasteiger partial charge in [0.2, 0.25) is 0 Å². The van der Waals surface area contributed by atoms with Crippen molar-refractivity contribution in [3.05, 3.63) is 98.7 Å². The lowest BCUT2D eigenvalue weighted by Gasteiger charge is -2.28. The van der Waals surface area contributed by atoms with E-state index < -0.39 is 28.9 Å². The van der Waals surface area contributed by atoms with Crippen LogP contribution in [0.3, 0.4) is 0 Å². The predicted molar refractivity (Wildman–Crippen MR) is 173 cm³/mol. The van der Waals surface area contributed by atoms with E-state index in [4.69, 9.17) is 23.7 Å². The van der Waals surface area contributed by atoms with Crippen LogP contribution in [0.15, 0.2) is 77.0 Å². The molecule has 1 atom stereocenters. The maximum atomic E-state index is 12.6. The lowest BCUT2D eigenvalue weighted by molar-refractivity contribution is -0.384. The quantitative estimate of drug-likeness (QED) is 0.0917. The first-order valence-corrected chi connectivity index (χ1v) is 14.8. The monoisotopic (exact) mass is 661 g/mol. The normalized spacial score (nSPS) is 14.1. The van der Waals surface area contributed by atoms with E-state index in [1.165, 1.54) is 25.5 Å². The Balaban J connectivity index is 1.35. The fourth-order valence-corrected chi connectivity index (χ4v) is 4.63. The maximum Gasteiger partial charge on any atom is 0.338 e. The van der Waals surface area contributed by atoms with Crippen LogP contribution in [0.25, 0.3) is 0 Å². The van der Waals surface area contributed by atoms with E-state index in [9.17, 15) is 24.5 Å². The van der Waals surface area contributed by atoms with Crippen molar-refractivity contribution in [3.63, 3.8) is 0 Å². The molecule has 0 fully saturated rings. The van der Waals surface area contributed by atoms with E-state index in [2.05, 4.69) is 21.2 Å². The highest BCUT2D eigenvalue weighted by Gasteiger charge is 2.32. The van der Waals surface area contributed by atoms with Crippen LogP contribution in [0.4, 0.5) is 10.5 Å². The number of non-ortho nitro benzene ring substituents is 1. The Morgan fingerprint density at radius 1 is 0.958 bits per heavy atom. The number of hydrazone groups is 1. The van der Waals surface area contributed by atoms with Gasteiger partial charge in [-0.25, -0.2) is 15.0 Å². The van der Waals surface area contributed by atoms with Gasteiger partial charge in [-0.15, -0.1) is 0 Å². The molecule has 0 radical (unpaired) electrons. The van der Waals surface area contributed by atoms with Gasteiger partial charge in [-0.05, 0) is 79.9 Å². The number of carbonyl (C=O) groups is 3. The summed E-state index contributed by atoms with van der Waals surface area (Å²) in [4.78, 5) is 47.7. The third kappa shape index (κ3) is 8.99. The highest BCUT2D eigenvalue weighted by atomic mass is 16.6. The first kappa shape index (κ1) is 34.7. The van der Waals surface area contributed by atoms with Crippen LogP contribution in [-0.4, -0.2) is 56.0 Å². The van der Waals surface area contributed by atoms with Gasteiger partial charge in [0.1, 0.15) is 6.61 Å². The Kier molecular flexibility index (Phi) is 11.9. The molecule has 0 aromatic heterocycles. The first-order chi connectivity index (χ1) is 23.1. The molecule has 0 saturated carbocycles. The van der Waals surface area contributed by atoms with Crippen LogP contribution in [0.1, 0.15) is 43.5 Å². The molecule has 0 unspecified atom stereocenters. The molecule has 48 heavy (non-hydrogen) atoms. The molecule has 1 aliphatic heterocycles. The van der Waals surface area contributed by atoms with Gasteiger partial charge in [0.15, 0.2) is 29.6 Å². The minimum absolute atomic E-state index is 0.00479. The molecular weight excluding hydrogens is 626 g/mol. The van der Waals surface area contributed by atoms with Crippen LogP contribution in [0.2, 0.25) is 0 Å². The number of hydrogen-bond donors (Lipinski definition) is 3. The second kappa shape index (κ2) is 16.4. The van der Waals surface area contributed by atoms with E-state index >= 15 is 0 Å². The highest BCUT2D eigenvalue weighted by Crippen LogP contribution is 2.35. The van der Waals surface area contributed by atoms with E-state index in [1.807, 2.05) is 6.92 Å². The number of esters is 1. The third-order valence-corrected chi connectivity index (χ3v) is 6.86. The number of ether oxygens (including phenoxy) is 5. The van der Waals surface area contributed by atoms with Crippen LogP contribution in [0.5, 0.6) is 23.0 Å². The summed E-state index contributed by atoms with van der Waals surface area (Å²) >= 11 is 0. The first-order valence-electron chi connectivity index (χ1n) is 14.8. The Morgan fingerprint density at radius 3 is 2.38 bits per heavy atom. The van der Waals surface area contributed by atoms with Gasteiger partial charge in [-0.2, -0.15) is 5.10 Å². The smallest absolute Gasteiger partial charge is 0.338 e. The number of amides is 3. The van der Waals surface area contributed by atoms with Crippen molar-refractivity contribution in [1.29, 1.82) is 0 Å². The predicted octanol–water partition coefficient (Wildman–Crippen LogP) is 4.30. The Hall–Kier alpha value is -6.12. The topological polar surface area (TPSA) is 189 Å². The molecule has 3 N–H and O–H groups in total. The molecule has 0 saturated heterocycles. The van der Waals surface area contributed by atoms with Gasteiger partial charge in [0.25, 0.3) is 11.6 Å². The molecule has 0 bridgehead atoms.